The molecule has 0 aliphatic heterocycles. The zero-order valence-electron chi connectivity index (χ0n) is 24.3. The third-order valence-electron chi connectivity index (χ3n) is 10.1. The molecule has 0 saturated heterocycles. The van der Waals surface area contributed by atoms with E-state index in [2.05, 4.69) is 76.2 Å². The summed E-state index contributed by atoms with van der Waals surface area (Å²) in [5.74, 6) is 7.82. The molecule has 0 radical (unpaired) electrons. The summed E-state index contributed by atoms with van der Waals surface area (Å²) in [5.41, 5.74) is 3.50. The van der Waals surface area contributed by atoms with Crippen LogP contribution in [0.25, 0.3) is 0 Å². The first-order valence-electron chi connectivity index (χ1n) is 14.8. The van der Waals surface area contributed by atoms with Gasteiger partial charge in [0.15, 0.2) is 0 Å². The summed E-state index contributed by atoms with van der Waals surface area (Å²) in [4.78, 5) is 0. The SMILES string of the molecule is CCCCC(CC)=C(C)C(C)CC1CC(C(C)C(C)CC)C(C)C(C)C1CCCC(C)C. The second-order valence-electron chi connectivity index (χ2n) is 12.5. The quantitative estimate of drug-likeness (QED) is 0.233. The molecule has 0 spiro atoms. The Bertz CT molecular complexity index is 526. The molecule has 0 aromatic carbocycles. The van der Waals surface area contributed by atoms with Crippen LogP contribution in [0.4, 0.5) is 0 Å². The van der Waals surface area contributed by atoms with Crippen molar-refractivity contribution < 1.29 is 0 Å². The van der Waals surface area contributed by atoms with Crippen molar-refractivity contribution in [3.05, 3.63) is 11.1 Å². The summed E-state index contributed by atoms with van der Waals surface area (Å²) in [6.07, 6.45) is 13.8. The summed E-state index contributed by atoms with van der Waals surface area (Å²) in [6.45, 7) is 27.2. The van der Waals surface area contributed by atoms with E-state index in [0.717, 1.165) is 53.3 Å². The fourth-order valence-electron chi connectivity index (χ4n) is 6.99. The number of rotatable bonds is 14. The first kappa shape index (κ1) is 29.8. The van der Waals surface area contributed by atoms with Crippen LogP contribution in [-0.4, -0.2) is 0 Å². The molecule has 0 bridgehead atoms. The minimum absolute atomic E-state index is 0.750. The maximum absolute atomic E-state index is 2.62. The van der Waals surface area contributed by atoms with Crippen LogP contribution in [0, 0.1) is 53.3 Å². The molecule has 8 unspecified atom stereocenters. The Morgan fingerprint density at radius 2 is 1.56 bits per heavy atom. The van der Waals surface area contributed by atoms with E-state index >= 15 is 0 Å². The molecule has 1 saturated carbocycles. The highest BCUT2D eigenvalue weighted by Gasteiger charge is 2.42. The summed E-state index contributed by atoms with van der Waals surface area (Å²) >= 11 is 0. The maximum Gasteiger partial charge on any atom is -0.0229 e. The standard InChI is InChI=1S/C32H62/c1-12-15-18-29(14-3)25(8)24(7)20-30-21-32(26(9)23(6)13-2)28(11)27(10)31(30)19-16-17-22(4)5/h22-24,26-28,30-32H,12-21H2,1-11H3. The van der Waals surface area contributed by atoms with Crippen LogP contribution < -0.4 is 0 Å². The van der Waals surface area contributed by atoms with Crippen molar-refractivity contribution in [2.24, 2.45) is 53.3 Å². The van der Waals surface area contributed by atoms with Gasteiger partial charge >= 0.3 is 0 Å². The summed E-state index contributed by atoms with van der Waals surface area (Å²) in [7, 11) is 0. The molecule has 0 N–H and O–H groups in total. The number of allylic oxidation sites excluding steroid dienone is 2. The monoisotopic (exact) mass is 446 g/mol. The third-order valence-corrected chi connectivity index (χ3v) is 10.1. The fraction of sp³-hybridized carbons (Fsp3) is 0.938. The lowest BCUT2D eigenvalue weighted by Gasteiger charge is -2.49. The molecule has 1 aliphatic carbocycles. The van der Waals surface area contributed by atoms with Crippen molar-refractivity contribution in [2.45, 2.75) is 140 Å². The largest absolute Gasteiger partial charge is 0.0713 e. The second-order valence-corrected chi connectivity index (χ2v) is 12.5. The molecule has 8 atom stereocenters. The van der Waals surface area contributed by atoms with Crippen molar-refractivity contribution in [3.8, 4) is 0 Å². The molecule has 190 valence electrons. The first-order chi connectivity index (χ1) is 15.1. The number of hydrogen-bond acceptors (Lipinski definition) is 0. The Morgan fingerprint density at radius 1 is 0.906 bits per heavy atom. The van der Waals surface area contributed by atoms with Crippen molar-refractivity contribution in [1.29, 1.82) is 0 Å². The van der Waals surface area contributed by atoms with Gasteiger partial charge < -0.3 is 0 Å². The first-order valence-corrected chi connectivity index (χ1v) is 14.8. The van der Waals surface area contributed by atoms with E-state index in [4.69, 9.17) is 0 Å². The fourth-order valence-corrected chi connectivity index (χ4v) is 6.99. The van der Waals surface area contributed by atoms with Gasteiger partial charge in [-0.3, -0.25) is 0 Å². The lowest BCUT2D eigenvalue weighted by molar-refractivity contribution is 0.00330. The second kappa shape index (κ2) is 14.9. The Labute approximate surface area is 204 Å². The van der Waals surface area contributed by atoms with Gasteiger partial charge in [0.1, 0.15) is 0 Å². The molecule has 32 heavy (non-hydrogen) atoms. The minimum Gasteiger partial charge on any atom is -0.0713 e. The van der Waals surface area contributed by atoms with Crippen molar-refractivity contribution in [2.75, 3.05) is 0 Å². The molecule has 0 heterocycles. The van der Waals surface area contributed by atoms with Crippen molar-refractivity contribution in [1.82, 2.24) is 0 Å². The highest BCUT2D eigenvalue weighted by molar-refractivity contribution is 5.14. The Balaban J connectivity index is 3.09. The third kappa shape index (κ3) is 8.51. The van der Waals surface area contributed by atoms with Gasteiger partial charge in [0.05, 0.1) is 0 Å². The van der Waals surface area contributed by atoms with E-state index in [9.17, 15) is 0 Å². The Hall–Kier alpha value is -0.260. The Kier molecular flexibility index (Phi) is 13.8. The topological polar surface area (TPSA) is 0 Å². The molecular weight excluding hydrogens is 384 g/mol. The highest BCUT2D eigenvalue weighted by atomic mass is 14.5. The van der Waals surface area contributed by atoms with Crippen molar-refractivity contribution >= 4 is 0 Å². The van der Waals surface area contributed by atoms with Crippen LogP contribution in [0.1, 0.15) is 140 Å². The number of unbranched alkanes of at least 4 members (excludes halogenated alkanes) is 1. The number of hydrogen-bond donors (Lipinski definition) is 0. The van der Waals surface area contributed by atoms with Crippen LogP contribution in [0.15, 0.2) is 11.1 Å². The smallest absolute Gasteiger partial charge is 0.0229 e. The minimum atomic E-state index is 0.750. The van der Waals surface area contributed by atoms with E-state index in [1.165, 1.54) is 64.2 Å². The molecule has 1 rings (SSSR count). The van der Waals surface area contributed by atoms with E-state index in [0.29, 0.717) is 0 Å². The van der Waals surface area contributed by atoms with E-state index < -0.39 is 0 Å². The Morgan fingerprint density at radius 3 is 2.09 bits per heavy atom. The van der Waals surface area contributed by atoms with Gasteiger partial charge in [-0.25, -0.2) is 0 Å². The van der Waals surface area contributed by atoms with Gasteiger partial charge in [-0.15, -0.1) is 0 Å². The average Bonchev–Trinajstić information content (AvgIpc) is 2.76. The molecule has 0 aromatic rings. The van der Waals surface area contributed by atoms with Crippen LogP contribution in [-0.2, 0) is 0 Å². The van der Waals surface area contributed by atoms with Crippen molar-refractivity contribution in [3.63, 3.8) is 0 Å². The van der Waals surface area contributed by atoms with Gasteiger partial charge in [0.25, 0.3) is 0 Å². The van der Waals surface area contributed by atoms with Crippen LogP contribution in [0.2, 0.25) is 0 Å². The summed E-state index contributed by atoms with van der Waals surface area (Å²) < 4.78 is 0. The molecule has 1 aliphatic rings. The molecule has 0 heteroatoms. The van der Waals surface area contributed by atoms with Crippen LogP contribution >= 0.6 is 0 Å². The molecule has 1 fully saturated rings. The average molecular weight is 447 g/mol. The van der Waals surface area contributed by atoms with Gasteiger partial charge in [0.2, 0.25) is 0 Å². The van der Waals surface area contributed by atoms with E-state index in [1.807, 2.05) is 0 Å². The zero-order chi connectivity index (χ0) is 24.4. The van der Waals surface area contributed by atoms with Gasteiger partial charge in [0, 0.05) is 0 Å². The predicted octanol–water partition coefficient (Wildman–Crippen LogP) is 11.0. The molecule has 0 nitrogen and oxygen atoms in total. The predicted molar refractivity (Wildman–Crippen MR) is 147 cm³/mol. The maximum atomic E-state index is 2.62. The molecule has 0 amide bonds. The van der Waals surface area contributed by atoms with Gasteiger partial charge in [-0.2, -0.15) is 0 Å². The zero-order valence-corrected chi connectivity index (χ0v) is 24.3. The molecule has 0 aromatic heterocycles. The normalized spacial score (nSPS) is 30.2. The highest BCUT2D eigenvalue weighted by Crippen LogP contribution is 2.50. The van der Waals surface area contributed by atoms with E-state index in [-0.39, 0.29) is 0 Å². The summed E-state index contributed by atoms with van der Waals surface area (Å²) in [5, 5.41) is 0. The lowest BCUT2D eigenvalue weighted by Crippen LogP contribution is -2.42. The van der Waals surface area contributed by atoms with Gasteiger partial charge in [-0.05, 0) is 98.7 Å². The van der Waals surface area contributed by atoms with E-state index in [1.54, 1.807) is 11.1 Å². The summed E-state index contributed by atoms with van der Waals surface area (Å²) in [6, 6.07) is 0. The van der Waals surface area contributed by atoms with Crippen LogP contribution in [0.5, 0.6) is 0 Å². The van der Waals surface area contributed by atoms with Crippen LogP contribution in [0.3, 0.4) is 0 Å². The lowest BCUT2D eigenvalue weighted by atomic mass is 9.56. The van der Waals surface area contributed by atoms with Gasteiger partial charge in [-0.1, -0.05) is 106 Å². The molecular formula is C32H62.